The average Bonchev–Trinajstić information content (AvgIpc) is 2.74. The third-order valence-electron chi connectivity index (χ3n) is 4.49. The number of likely N-dealkylation sites (N-methyl/N-ethyl adjacent to an activating group) is 1. The van der Waals surface area contributed by atoms with Crippen LogP contribution in [0.15, 0.2) is 78.9 Å². The zero-order valence-corrected chi connectivity index (χ0v) is 15.5. The van der Waals surface area contributed by atoms with E-state index in [1.54, 1.807) is 12.1 Å². The van der Waals surface area contributed by atoms with Crippen molar-refractivity contribution in [2.24, 2.45) is 0 Å². The van der Waals surface area contributed by atoms with Crippen LogP contribution in [0.5, 0.6) is 5.75 Å². The normalized spacial score (nSPS) is 10.8. The van der Waals surface area contributed by atoms with Crippen LogP contribution in [0.4, 0.5) is 10.2 Å². The van der Waals surface area contributed by atoms with E-state index in [4.69, 9.17) is 9.72 Å². The summed E-state index contributed by atoms with van der Waals surface area (Å²) in [5.74, 6) is 1.96. The molecule has 0 aliphatic rings. The molecular formula is C23H20FN3O. The number of nitrogens with zero attached hydrogens (tertiary/aromatic N) is 3. The number of rotatable bonds is 6. The molecule has 0 atom stereocenters. The van der Waals surface area contributed by atoms with E-state index in [-0.39, 0.29) is 5.82 Å². The van der Waals surface area contributed by atoms with Gasteiger partial charge in [0, 0.05) is 18.0 Å². The van der Waals surface area contributed by atoms with Crippen LogP contribution in [0.1, 0.15) is 0 Å². The zero-order chi connectivity index (χ0) is 19.3. The first kappa shape index (κ1) is 17.9. The van der Waals surface area contributed by atoms with Crippen molar-refractivity contribution >= 4 is 16.7 Å². The number of fused-ring (bicyclic) bond motifs is 1. The average molecular weight is 373 g/mol. The summed E-state index contributed by atoms with van der Waals surface area (Å²) in [6.45, 7) is 1.20. The predicted molar refractivity (Wildman–Crippen MR) is 110 cm³/mol. The van der Waals surface area contributed by atoms with E-state index < -0.39 is 0 Å². The molecule has 3 aromatic carbocycles. The van der Waals surface area contributed by atoms with Gasteiger partial charge in [0.25, 0.3) is 0 Å². The number of halogens is 1. The van der Waals surface area contributed by atoms with Gasteiger partial charge in [-0.15, -0.1) is 0 Å². The minimum Gasteiger partial charge on any atom is -0.492 e. The summed E-state index contributed by atoms with van der Waals surface area (Å²) in [5.41, 5.74) is 1.63. The SMILES string of the molecule is CN(CCOc1ccccc1)c1nc(-c2ccc(F)cc2)nc2ccccc12. The van der Waals surface area contributed by atoms with E-state index in [9.17, 15) is 4.39 Å². The van der Waals surface area contributed by atoms with Gasteiger partial charge in [-0.25, -0.2) is 14.4 Å². The minimum absolute atomic E-state index is 0.278. The minimum atomic E-state index is -0.278. The first-order valence-corrected chi connectivity index (χ1v) is 9.12. The Labute approximate surface area is 163 Å². The van der Waals surface area contributed by atoms with Gasteiger partial charge in [-0.3, -0.25) is 0 Å². The summed E-state index contributed by atoms with van der Waals surface area (Å²) in [4.78, 5) is 11.5. The molecule has 4 aromatic rings. The molecule has 0 bridgehead atoms. The lowest BCUT2D eigenvalue weighted by Crippen LogP contribution is -2.25. The number of hydrogen-bond acceptors (Lipinski definition) is 4. The van der Waals surface area contributed by atoms with Gasteiger partial charge in [0.05, 0.1) is 12.1 Å². The third kappa shape index (κ3) is 3.93. The first-order valence-electron chi connectivity index (χ1n) is 9.12. The molecule has 28 heavy (non-hydrogen) atoms. The summed E-state index contributed by atoms with van der Waals surface area (Å²) in [5, 5.41) is 0.968. The molecule has 1 heterocycles. The summed E-state index contributed by atoms with van der Waals surface area (Å²) >= 11 is 0. The van der Waals surface area contributed by atoms with Gasteiger partial charge in [0.1, 0.15) is 24.0 Å². The van der Waals surface area contributed by atoms with Crippen molar-refractivity contribution in [3.05, 3.63) is 84.7 Å². The van der Waals surface area contributed by atoms with Crippen LogP contribution in [0.25, 0.3) is 22.3 Å². The fourth-order valence-corrected chi connectivity index (χ4v) is 3.00. The molecule has 0 aliphatic heterocycles. The van der Waals surface area contributed by atoms with Crippen molar-refractivity contribution in [1.82, 2.24) is 9.97 Å². The molecule has 140 valence electrons. The van der Waals surface area contributed by atoms with Crippen LogP contribution in [-0.2, 0) is 0 Å². The van der Waals surface area contributed by atoms with Crippen molar-refractivity contribution < 1.29 is 9.13 Å². The van der Waals surface area contributed by atoms with Crippen molar-refractivity contribution in [1.29, 1.82) is 0 Å². The van der Waals surface area contributed by atoms with E-state index in [0.717, 1.165) is 28.0 Å². The molecule has 0 saturated heterocycles. The Bertz CT molecular complexity index is 1070. The second-order valence-electron chi connectivity index (χ2n) is 6.48. The summed E-state index contributed by atoms with van der Waals surface area (Å²) in [6, 6.07) is 23.9. The molecule has 0 N–H and O–H groups in total. The highest BCUT2D eigenvalue weighted by atomic mass is 19.1. The quantitative estimate of drug-likeness (QED) is 0.479. The molecule has 1 aromatic heterocycles. The Balaban J connectivity index is 1.61. The summed E-state index contributed by atoms with van der Waals surface area (Å²) in [6.07, 6.45) is 0. The van der Waals surface area contributed by atoms with Crippen LogP contribution < -0.4 is 9.64 Å². The lowest BCUT2D eigenvalue weighted by atomic mass is 10.1. The Kier molecular flexibility index (Phi) is 5.15. The van der Waals surface area contributed by atoms with Crippen LogP contribution in [0.3, 0.4) is 0 Å². The molecule has 4 nitrogen and oxygen atoms in total. The predicted octanol–water partition coefficient (Wildman–Crippen LogP) is 4.95. The van der Waals surface area contributed by atoms with Gasteiger partial charge in [-0.1, -0.05) is 30.3 Å². The molecule has 4 rings (SSSR count). The van der Waals surface area contributed by atoms with Crippen LogP contribution >= 0.6 is 0 Å². The second-order valence-corrected chi connectivity index (χ2v) is 6.48. The third-order valence-corrected chi connectivity index (χ3v) is 4.49. The van der Waals surface area contributed by atoms with E-state index >= 15 is 0 Å². The van der Waals surface area contributed by atoms with Gasteiger partial charge in [-0.05, 0) is 48.5 Å². The van der Waals surface area contributed by atoms with Crippen molar-refractivity contribution in [3.8, 4) is 17.1 Å². The van der Waals surface area contributed by atoms with Crippen molar-refractivity contribution in [2.75, 3.05) is 25.1 Å². The van der Waals surface area contributed by atoms with Crippen molar-refractivity contribution in [2.45, 2.75) is 0 Å². The van der Waals surface area contributed by atoms with Gasteiger partial charge in [0.2, 0.25) is 0 Å². The molecule has 0 radical (unpaired) electrons. The lowest BCUT2D eigenvalue weighted by molar-refractivity contribution is 0.326. The number of hydrogen-bond donors (Lipinski definition) is 0. The van der Waals surface area contributed by atoms with E-state index in [1.807, 2.05) is 61.6 Å². The Morgan fingerprint density at radius 3 is 2.36 bits per heavy atom. The number of aromatic nitrogens is 2. The first-order chi connectivity index (χ1) is 13.7. The summed E-state index contributed by atoms with van der Waals surface area (Å²) in [7, 11) is 1.98. The summed E-state index contributed by atoms with van der Waals surface area (Å²) < 4.78 is 19.1. The van der Waals surface area contributed by atoms with Crippen molar-refractivity contribution in [3.63, 3.8) is 0 Å². The monoisotopic (exact) mass is 373 g/mol. The second kappa shape index (κ2) is 8.05. The maximum Gasteiger partial charge on any atom is 0.162 e. The van der Waals surface area contributed by atoms with Gasteiger partial charge < -0.3 is 9.64 Å². The fourth-order valence-electron chi connectivity index (χ4n) is 3.00. The molecular weight excluding hydrogens is 353 g/mol. The Hall–Kier alpha value is -3.47. The largest absolute Gasteiger partial charge is 0.492 e. The lowest BCUT2D eigenvalue weighted by Gasteiger charge is -2.21. The number of ether oxygens (including phenoxy) is 1. The zero-order valence-electron chi connectivity index (χ0n) is 15.5. The van der Waals surface area contributed by atoms with Crippen LogP contribution in [0, 0.1) is 5.82 Å². The van der Waals surface area contributed by atoms with E-state index in [1.165, 1.54) is 12.1 Å². The number of benzene rings is 3. The molecule has 0 aliphatic carbocycles. The van der Waals surface area contributed by atoms with Crippen LogP contribution in [-0.4, -0.2) is 30.2 Å². The highest BCUT2D eigenvalue weighted by Crippen LogP contribution is 2.27. The maximum absolute atomic E-state index is 13.3. The smallest absolute Gasteiger partial charge is 0.162 e. The number of anilines is 1. The van der Waals surface area contributed by atoms with Gasteiger partial charge in [0.15, 0.2) is 5.82 Å². The standard InChI is InChI=1S/C23H20FN3O/c1-27(15-16-28-19-7-3-2-4-8-19)23-20-9-5-6-10-21(20)25-22(26-23)17-11-13-18(24)14-12-17/h2-14H,15-16H2,1H3. The van der Waals surface area contributed by atoms with Gasteiger partial charge >= 0.3 is 0 Å². The van der Waals surface area contributed by atoms with Crippen LogP contribution in [0.2, 0.25) is 0 Å². The molecule has 5 heteroatoms. The highest BCUT2D eigenvalue weighted by Gasteiger charge is 2.13. The van der Waals surface area contributed by atoms with E-state index in [2.05, 4.69) is 9.88 Å². The molecule has 0 fully saturated rings. The molecule has 0 unspecified atom stereocenters. The van der Waals surface area contributed by atoms with Gasteiger partial charge in [-0.2, -0.15) is 0 Å². The number of para-hydroxylation sites is 2. The fraction of sp³-hybridized carbons (Fsp3) is 0.130. The maximum atomic E-state index is 13.3. The van der Waals surface area contributed by atoms with E-state index in [0.29, 0.717) is 19.0 Å². The molecule has 0 saturated carbocycles. The Morgan fingerprint density at radius 2 is 1.57 bits per heavy atom. The topological polar surface area (TPSA) is 38.2 Å². The molecule has 0 amide bonds. The Morgan fingerprint density at radius 1 is 0.857 bits per heavy atom. The highest BCUT2D eigenvalue weighted by molar-refractivity contribution is 5.91. The molecule has 0 spiro atoms.